The molecule has 1 saturated heterocycles. The zero-order valence-corrected chi connectivity index (χ0v) is 32.5. The van der Waals surface area contributed by atoms with Gasteiger partial charge in [-0.05, 0) is 56.9 Å². The third kappa shape index (κ3) is 15.3. The first kappa shape index (κ1) is 43.9. The fourth-order valence-electron chi connectivity index (χ4n) is 7.02. The molecule has 1 aromatic heterocycles. The van der Waals surface area contributed by atoms with Crippen molar-refractivity contribution in [3.63, 3.8) is 0 Å². The van der Waals surface area contributed by atoms with Crippen LogP contribution in [0.25, 0.3) is 0 Å². The lowest BCUT2D eigenvalue weighted by molar-refractivity contribution is -0.135. The molecule has 1 aromatic carbocycles. The molecule has 0 radical (unpaired) electrons. The van der Waals surface area contributed by atoms with Gasteiger partial charge in [-0.25, -0.2) is 4.98 Å². The Balaban J connectivity index is 1.67. The van der Waals surface area contributed by atoms with Crippen molar-refractivity contribution in [3.05, 3.63) is 54.1 Å². The van der Waals surface area contributed by atoms with Gasteiger partial charge < -0.3 is 48.4 Å². The fourth-order valence-corrected chi connectivity index (χ4v) is 7.02. The summed E-state index contributed by atoms with van der Waals surface area (Å²) in [5.74, 6) is -3.85. The zero-order chi connectivity index (χ0) is 41.2. The molecular formula is C39H57N11O7. The summed E-state index contributed by atoms with van der Waals surface area (Å²) in [6.45, 7) is 1.48. The first-order valence-corrected chi connectivity index (χ1v) is 19.7. The molecule has 1 unspecified atom stereocenters. The van der Waals surface area contributed by atoms with Crippen LogP contribution >= 0.6 is 0 Å². The number of carbonyl (C=O) groups is 7. The SMILES string of the molecule is CC(=O)C1CCNC(=O)CC[C@H](NC(=O)CC2CCCCC2)C(=O)N[C@@H](Cc2cnc[nH]2)C(=O)N[C@H](Cc2ccccc2)C(=O)N[C@@H](CCCN=C(N)N)C(=O)N1. The fraction of sp³-hybridized carbons (Fsp3) is 0.564. The van der Waals surface area contributed by atoms with Gasteiger partial charge in [0.2, 0.25) is 35.4 Å². The molecule has 11 N–H and O–H groups in total. The van der Waals surface area contributed by atoms with E-state index in [-0.39, 0.29) is 88.0 Å². The standard InChI is InChI=1S/C39H57N11O7/c1-24(51)28-16-18-43-33(52)15-14-30(46-34(53)20-26-11-6-3-7-12-26)36(55)50-32(21-27-22-42-23-45-27)38(57)49-31(19-25-9-4-2-5-10-25)37(56)48-29(35(54)47-28)13-8-17-44-39(40)41/h2,4-5,9-10,22-23,26,28-32H,3,6-8,11-21H2,1H3,(H,42,45)(H,43,52)(H,46,53)(H,47,54)(H,48,56)(H,49,57)(H,50,55)(H4,40,41,44)/t28?,29-,30-,31+,32-/m0/s1. The number of imidazole rings is 1. The van der Waals surface area contributed by atoms with Crippen molar-refractivity contribution in [2.75, 3.05) is 13.1 Å². The topological polar surface area (TPSA) is 285 Å². The quantitative estimate of drug-likeness (QED) is 0.0757. The predicted molar refractivity (Wildman–Crippen MR) is 211 cm³/mol. The predicted octanol–water partition coefficient (Wildman–Crippen LogP) is -0.468. The third-order valence-corrected chi connectivity index (χ3v) is 10.2. The number of nitrogens with one attached hydrogen (secondary N) is 7. The van der Waals surface area contributed by atoms with Gasteiger partial charge in [-0.1, -0.05) is 49.6 Å². The monoisotopic (exact) mass is 791 g/mol. The molecule has 5 atom stereocenters. The molecule has 4 rings (SSSR count). The molecule has 6 amide bonds. The molecule has 57 heavy (non-hydrogen) atoms. The Morgan fingerprint density at radius 1 is 0.825 bits per heavy atom. The summed E-state index contributed by atoms with van der Waals surface area (Å²) >= 11 is 0. The third-order valence-electron chi connectivity index (χ3n) is 10.2. The van der Waals surface area contributed by atoms with Crippen LogP contribution in [0.4, 0.5) is 0 Å². The van der Waals surface area contributed by atoms with Crippen molar-refractivity contribution >= 4 is 47.2 Å². The summed E-state index contributed by atoms with van der Waals surface area (Å²) < 4.78 is 0. The van der Waals surface area contributed by atoms with E-state index in [9.17, 15) is 33.6 Å². The van der Waals surface area contributed by atoms with Crippen LogP contribution in [0.3, 0.4) is 0 Å². The number of benzene rings is 1. The highest BCUT2D eigenvalue weighted by atomic mass is 16.2. The maximum atomic E-state index is 14.2. The maximum Gasteiger partial charge on any atom is 0.243 e. The van der Waals surface area contributed by atoms with Gasteiger partial charge in [-0.3, -0.25) is 38.6 Å². The van der Waals surface area contributed by atoms with Crippen LogP contribution in [0.15, 0.2) is 47.8 Å². The number of hydrogen-bond donors (Lipinski definition) is 9. The van der Waals surface area contributed by atoms with Crippen LogP contribution in [0.1, 0.15) is 88.8 Å². The second-order valence-electron chi connectivity index (χ2n) is 14.8. The molecule has 0 bridgehead atoms. The van der Waals surface area contributed by atoms with Crippen LogP contribution in [-0.4, -0.2) is 100 Å². The second-order valence-corrected chi connectivity index (χ2v) is 14.8. The van der Waals surface area contributed by atoms with Gasteiger partial charge in [0.15, 0.2) is 11.7 Å². The average molecular weight is 792 g/mol. The lowest BCUT2D eigenvalue weighted by Crippen LogP contribution is -2.59. The van der Waals surface area contributed by atoms with Crippen LogP contribution < -0.4 is 43.4 Å². The lowest BCUT2D eigenvalue weighted by Gasteiger charge is -2.27. The van der Waals surface area contributed by atoms with Crippen molar-refractivity contribution in [3.8, 4) is 0 Å². The number of carbonyl (C=O) groups excluding carboxylic acids is 7. The summed E-state index contributed by atoms with van der Waals surface area (Å²) in [6.07, 6.45) is 8.29. The lowest BCUT2D eigenvalue weighted by atomic mass is 9.87. The van der Waals surface area contributed by atoms with Crippen LogP contribution in [0.2, 0.25) is 0 Å². The molecule has 1 aliphatic carbocycles. The highest BCUT2D eigenvalue weighted by molar-refractivity contribution is 5.96. The van der Waals surface area contributed by atoms with E-state index in [0.717, 1.165) is 32.1 Å². The molecule has 2 aliphatic rings. The van der Waals surface area contributed by atoms with E-state index in [1.54, 1.807) is 30.3 Å². The van der Waals surface area contributed by atoms with Gasteiger partial charge in [0, 0.05) is 50.7 Å². The average Bonchev–Trinajstić information content (AvgIpc) is 3.70. The molecular weight excluding hydrogens is 734 g/mol. The number of aromatic nitrogens is 2. The number of aliphatic imine (C=N–C) groups is 1. The smallest absolute Gasteiger partial charge is 0.243 e. The number of rotatable bonds is 12. The van der Waals surface area contributed by atoms with E-state index in [4.69, 9.17) is 11.5 Å². The summed E-state index contributed by atoms with van der Waals surface area (Å²) in [7, 11) is 0. The van der Waals surface area contributed by atoms with Gasteiger partial charge in [-0.15, -0.1) is 0 Å². The number of aromatic amines is 1. The van der Waals surface area contributed by atoms with Crippen molar-refractivity contribution in [2.24, 2.45) is 22.4 Å². The number of H-pyrrole nitrogens is 1. The van der Waals surface area contributed by atoms with Crippen LogP contribution in [0, 0.1) is 5.92 Å². The molecule has 310 valence electrons. The molecule has 2 heterocycles. The highest BCUT2D eigenvalue weighted by Gasteiger charge is 2.33. The number of Topliss-reactive ketones (excluding diaryl/α,β-unsaturated/α-hetero) is 1. The summed E-state index contributed by atoms with van der Waals surface area (Å²) in [4.78, 5) is 106. The number of nitrogens with zero attached hydrogens (tertiary/aromatic N) is 2. The largest absolute Gasteiger partial charge is 0.370 e. The van der Waals surface area contributed by atoms with E-state index in [1.165, 1.54) is 19.4 Å². The molecule has 1 saturated carbocycles. The van der Waals surface area contributed by atoms with Crippen LogP contribution in [-0.2, 0) is 46.4 Å². The second kappa shape index (κ2) is 22.7. The molecule has 18 heteroatoms. The van der Waals surface area contributed by atoms with Gasteiger partial charge in [-0.2, -0.15) is 0 Å². The maximum absolute atomic E-state index is 14.2. The number of nitrogens with two attached hydrogens (primary N) is 2. The number of amides is 6. The Hall–Kier alpha value is -5.81. The first-order valence-electron chi connectivity index (χ1n) is 19.7. The number of guanidine groups is 1. The number of ketones is 1. The summed E-state index contributed by atoms with van der Waals surface area (Å²) in [5.41, 5.74) is 12.2. The normalized spacial score (nSPS) is 23.5. The molecule has 0 spiro atoms. The number of hydrogen-bond acceptors (Lipinski definition) is 9. The minimum absolute atomic E-state index is 0.0135. The minimum atomic E-state index is -1.26. The van der Waals surface area contributed by atoms with Gasteiger partial charge in [0.05, 0.1) is 12.4 Å². The minimum Gasteiger partial charge on any atom is -0.370 e. The van der Waals surface area contributed by atoms with E-state index in [2.05, 4.69) is 46.9 Å². The summed E-state index contributed by atoms with van der Waals surface area (Å²) in [5, 5.41) is 16.5. The van der Waals surface area contributed by atoms with E-state index < -0.39 is 59.7 Å². The molecule has 2 fully saturated rings. The van der Waals surface area contributed by atoms with E-state index in [0.29, 0.717) is 11.3 Å². The van der Waals surface area contributed by atoms with Gasteiger partial charge in [0.1, 0.15) is 24.2 Å². The zero-order valence-electron chi connectivity index (χ0n) is 32.5. The van der Waals surface area contributed by atoms with Crippen molar-refractivity contribution < 1.29 is 33.6 Å². The highest BCUT2D eigenvalue weighted by Crippen LogP contribution is 2.26. The van der Waals surface area contributed by atoms with Gasteiger partial charge in [0.25, 0.3) is 0 Å². The molecule has 18 nitrogen and oxygen atoms in total. The van der Waals surface area contributed by atoms with Crippen LogP contribution in [0.5, 0.6) is 0 Å². The van der Waals surface area contributed by atoms with Crippen molar-refractivity contribution in [1.82, 2.24) is 41.9 Å². The molecule has 1 aliphatic heterocycles. The Morgan fingerprint density at radius 3 is 2.16 bits per heavy atom. The Morgan fingerprint density at radius 2 is 1.49 bits per heavy atom. The van der Waals surface area contributed by atoms with E-state index in [1.807, 2.05) is 0 Å². The Labute approximate surface area is 332 Å². The Kier molecular flexibility index (Phi) is 17.5. The van der Waals surface area contributed by atoms with Gasteiger partial charge >= 0.3 is 0 Å². The Bertz CT molecular complexity index is 1690. The van der Waals surface area contributed by atoms with Crippen molar-refractivity contribution in [2.45, 2.75) is 121 Å². The summed E-state index contributed by atoms with van der Waals surface area (Å²) in [6, 6.07) is 3.11. The van der Waals surface area contributed by atoms with Crippen molar-refractivity contribution in [1.29, 1.82) is 0 Å². The molecule has 2 aromatic rings. The van der Waals surface area contributed by atoms with E-state index >= 15 is 0 Å². The first-order chi connectivity index (χ1) is 27.4.